The van der Waals surface area contributed by atoms with Crippen molar-refractivity contribution >= 4 is 31.9 Å². The number of alkyl halides is 1. The zero-order valence-electron chi connectivity index (χ0n) is 9.84. The molecule has 0 spiro atoms. The maximum atomic E-state index is 5.90. The van der Waals surface area contributed by atoms with E-state index in [4.69, 9.17) is 9.47 Å². The quantitative estimate of drug-likeness (QED) is 0.721. The van der Waals surface area contributed by atoms with Gasteiger partial charge in [0.1, 0.15) is 11.5 Å². The summed E-state index contributed by atoms with van der Waals surface area (Å²) in [6.45, 7) is 0.781. The highest BCUT2D eigenvalue weighted by Gasteiger charge is 2.36. The van der Waals surface area contributed by atoms with Gasteiger partial charge in [-0.1, -0.05) is 22.4 Å². The van der Waals surface area contributed by atoms with Crippen LogP contribution in [0.15, 0.2) is 22.7 Å². The van der Waals surface area contributed by atoms with Crippen molar-refractivity contribution < 1.29 is 9.47 Å². The molecule has 0 aromatic heterocycles. The normalized spacial score (nSPS) is 17.4. The maximum absolute atomic E-state index is 5.90. The summed E-state index contributed by atoms with van der Waals surface area (Å²) in [6.07, 6.45) is 3.83. The van der Waals surface area contributed by atoms with Crippen molar-refractivity contribution in [1.29, 1.82) is 0 Å². The Morgan fingerprint density at radius 1 is 1.35 bits per heavy atom. The number of methoxy groups -OCH3 is 1. The minimum absolute atomic E-state index is 0.347. The topological polar surface area (TPSA) is 18.5 Å². The van der Waals surface area contributed by atoms with Gasteiger partial charge in [-0.15, -0.1) is 0 Å². The number of ether oxygens (including phenoxy) is 2. The van der Waals surface area contributed by atoms with E-state index in [-0.39, 0.29) is 0 Å². The number of benzene rings is 1. The monoisotopic (exact) mass is 362 g/mol. The van der Waals surface area contributed by atoms with Gasteiger partial charge in [-0.3, -0.25) is 0 Å². The zero-order chi connectivity index (χ0) is 12.3. The van der Waals surface area contributed by atoms with E-state index in [2.05, 4.69) is 31.9 Å². The lowest BCUT2D eigenvalue weighted by atomic mass is 9.71. The highest BCUT2D eigenvalue weighted by molar-refractivity contribution is 9.10. The van der Waals surface area contributed by atoms with E-state index >= 15 is 0 Å². The molecule has 2 nitrogen and oxygen atoms in total. The summed E-state index contributed by atoms with van der Waals surface area (Å²) in [5.41, 5.74) is 0.347. The van der Waals surface area contributed by atoms with Crippen molar-refractivity contribution in [2.45, 2.75) is 19.3 Å². The van der Waals surface area contributed by atoms with Gasteiger partial charge in [-0.2, -0.15) is 0 Å². The number of rotatable bonds is 5. The van der Waals surface area contributed by atoms with E-state index in [1.54, 1.807) is 7.11 Å². The first-order valence-electron chi connectivity index (χ1n) is 5.71. The molecule has 1 aromatic rings. The largest absolute Gasteiger partial charge is 0.497 e. The summed E-state index contributed by atoms with van der Waals surface area (Å²) in [5, 5.41) is 1.02. The Bertz CT molecular complexity index is 383. The predicted octanol–water partition coefficient (Wildman–Crippen LogP) is 4.40. The van der Waals surface area contributed by atoms with Crippen molar-refractivity contribution in [2.24, 2.45) is 5.41 Å². The minimum Gasteiger partial charge on any atom is -0.497 e. The van der Waals surface area contributed by atoms with Gasteiger partial charge in [-0.25, -0.2) is 0 Å². The molecule has 0 heterocycles. The first kappa shape index (κ1) is 13.2. The fraction of sp³-hybridized carbons (Fsp3) is 0.538. The van der Waals surface area contributed by atoms with Crippen LogP contribution >= 0.6 is 31.9 Å². The molecule has 17 heavy (non-hydrogen) atoms. The van der Waals surface area contributed by atoms with E-state index in [0.717, 1.165) is 27.9 Å². The number of halogens is 2. The third-order valence-corrected chi connectivity index (χ3v) is 5.18. The van der Waals surface area contributed by atoms with Crippen LogP contribution in [0.4, 0.5) is 0 Å². The van der Waals surface area contributed by atoms with Crippen molar-refractivity contribution in [1.82, 2.24) is 0 Å². The lowest BCUT2D eigenvalue weighted by molar-refractivity contribution is 0.0833. The molecule has 1 fully saturated rings. The average molecular weight is 364 g/mol. The molecule has 0 atom stereocenters. The molecule has 0 radical (unpaired) electrons. The Hall–Kier alpha value is -0.220. The minimum atomic E-state index is 0.347. The van der Waals surface area contributed by atoms with Gasteiger partial charge in [0.15, 0.2) is 0 Å². The second kappa shape index (κ2) is 5.61. The van der Waals surface area contributed by atoms with Crippen LogP contribution in [0.5, 0.6) is 11.5 Å². The Labute approximate surface area is 119 Å². The molecule has 0 bridgehead atoms. The Kier molecular flexibility index (Phi) is 4.36. The summed E-state index contributed by atoms with van der Waals surface area (Å²) in [4.78, 5) is 0. The first-order chi connectivity index (χ1) is 8.19. The predicted molar refractivity (Wildman–Crippen MR) is 76.3 cm³/mol. The highest BCUT2D eigenvalue weighted by atomic mass is 79.9. The van der Waals surface area contributed by atoms with Crippen LogP contribution in [0.3, 0.4) is 0 Å². The molecule has 94 valence electrons. The molecule has 1 saturated carbocycles. The molecule has 1 aromatic carbocycles. The Morgan fingerprint density at radius 2 is 2.12 bits per heavy atom. The van der Waals surface area contributed by atoms with Crippen molar-refractivity contribution in [3.63, 3.8) is 0 Å². The van der Waals surface area contributed by atoms with Crippen LogP contribution in [-0.2, 0) is 0 Å². The van der Waals surface area contributed by atoms with Gasteiger partial charge in [0.25, 0.3) is 0 Å². The number of hydrogen-bond acceptors (Lipinski definition) is 2. The van der Waals surface area contributed by atoms with E-state index < -0.39 is 0 Å². The summed E-state index contributed by atoms with van der Waals surface area (Å²) in [7, 11) is 1.66. The van der Waals surface area contributed by atoms with Gasteiger partial charge in [0.05, 0.1) is 18.2 Å². The smallest absolute Gasteiger partial charge is 0.133 e. The van der Waals surface area contributed by atoms with Crippen LogP contribution in [0.25, 0.3) is 0 Å². The third kappa shape index (κ3) is 2.97. The van der Waals surface area contributed by atoms with Crippen molar-refractivity contribution in [3.8, 4) is 11.5 Å². The van der Waals surface area contributed by atoms with Crippen LogP contribution < -0.4 is 9.47 Å². The van der Waals surface area contributed by atoms with Gasteiger partial charge < -0.3 is 9.47 Å². The highest BCUT2D eigenvalue weighted by Crippen LogP contribution is 2.43. The molecule has 0 amide bonds. The standard InChI is InChI=1S/C13H16Br2O2/c1-16-10-3-4-12(11(15)7-10)17-9-13(8-14)5-2-6-13/h3-4,7H,2,5-6,8-9H2,1H3. The molecule has 0 unspecified atom stereocenters. The van der Waals surface area contributed by atoms with Crippen molar-refractivity contribution in [3.05, 3.63) is 22.7 Å². The summed E-state index contributed by atoms with van der Waals surface area (Å²) >= 11 is 7.09. The lowest BCUT2D eigenvalue weighted by Gasteiger charge is -2.40. The second-order valence-electron chi connectivity index (χ2n) is 4.57. The lowest BCUT2D eigenvalue weighted by Crippen LogP contribution is -2.37. The summed E-state index contributed by atoms with van der Waals surface area (Å²) in [6, 6.07) is 5.79. The summed E-state index contributed by atoms with van der Waals surface area (Å²) in [5.74, 6) is 1.72. The second-order valence-corrected chi connectivity index (χ2v) is 5.99. The fourth-order valence-electron chi connectivity index (χ4n) is 1.95. The number of hydrogen-bond donors (Lipinski definition) is 0. The van der Waals surface area contributed by atoms with Crippen LogP contribution in [-0.4, -0.2) is 19.0 Å². The molecule has 2 rings (SSSR count). The van der Waals surface area contributed by atoms with Gasteiger partial charge in [-0.05, 0) is 47.0 Å². The Morgan fingerprint density at radius 3 is 2.59 bits per heavy atom. The molecule has 1 aliphatic rings. The molecular formula is C13H16Br2O2. The first-order valence-corrected chi connectivity index (χ1v) is 7.63. The van der Waals surface area contributed by atoms with Crippen LogP contribution in [0, 0.1) is 5.41 Å². The molecule has 0 N–H and O–H groups in total. The van der Waals surface area contributed by atoms with E-state index in [0.29, 0.717) is 5.41 Å². The zero-order valence-corrected chi connectivity index (χ0v) is 13.0. The van der Waals surface area contributed by atoms with E-state index in [1.807, 2.05) is 18.2 Å². The molecule has 0 aliphatic heterocycles. The van der Waals surface area contributed by atoms with E-state index in [9.17, 15) is 0 Å². The third-order valence-electron chi connectivity index (χ3n) is 3.37. The molecule has 4 heteroatoms. The molecular weight excluding hydrogens is 348 g/mol. The maximum Gasteiger partial charge on any atom is 0.133 e. The molecule has 0 saturated heterocycles. The summed E-state index contributed by atoms with van der Waals surface area (Å²) < 4.78 is 12.0. The van der Waals surface area contributed by atoms with Gasteiger partial charge in [0.2, 0.25) is 0 Å². The van der Waals surface area contributed by atoms with Crippen molar-refractivity contribution in [2.75, 3.05) is 19.0 Å². The Balaban J connectivity index is 1.99. The van der Waals surface area contributed by atoms with Crippen LogP contribution in [0.1, 0.15) is 19.3 Å². The van der Waals surface area contributed by atoms with Gasteiger partial charge >= 0.3 is 0 Å². The van der Waals surface area contributed by atoms with Crippen LogP contribution in [0.2, 0.25) is 0 Å². The average Bonchev–Trinajstić information content (AvgIpc) is 2.30. The SMILES string of the molecule is COc1ccc(OCC2(CBr)CCC2)c(Br)c1. The fourth-order valence-corrected chi connectivity index (χ4v) is 3.14. The van der Waals surface area contributed by atoms with E-state index in [1.165, 1.54) is 19.3 Å². The molecule has 1 aliphatic carbocycles. The van der Waals surface area contributed by atoms with Gasteiger partial charge in [0, 0.05) is 10.7 Å².